The standard InChI is InChI=1S/C15H24O.K.Na.2H/c1-10-8-11(14(2,3)4)13(16)12(9-10)15(5,6)7;;;;/h8-9,16H,1-7H3;;;;. The molecule has 1 N–H and O–H groups in total. The average molecular weight is 284 g/mol. The Labute approximate surface area is 177 Å². The summed E-state index contributed by atoms with van der Waals surface area (Å²) in [5, 5.41) is 10.4. The van der Waals surface area contributed by atoms with Crippen molar-refractivity contribution in [3.63, 3.8) is 0 Å². The van der Waals surface area contributed by atoms with E-state index < -0.39 is 0 Å². The first kappa shape index (κ1) is 21.9. The van der Waals surface area contributed by atoms with Crippen LogP contribution >= 0.6 is 0 Å². The van der Waals surface area contributed by atoms with Crippen molar-refractivity contribution in [3.05, 3.63) is 28.8 Å². The molecule has 0 amide bonds. The molecular formula is C15H26KNaO. The number of aryl methyl sites for hydroxylation is 1. The second kappa shape index (κ2) is 7.60. The predicted octanol–water partition coefficient (Wildman–Crippen LogP) is 3.00. The third-order valence-corrected chi connectivity index (χ3v) is 2.87. The van der Waals surface area contributed by atoms with E-state index >= 15 is 0 Å². The summed E-state index contributed by atoms with van der Waals surface area (Å²) in [5.74, 6) is 0.464. The Morgan fingerprint density at radius 1 is 0.833 bits per heavy atom. The zero-order valence-corrected chi connectivity index (χ0v) is 11.6. The van der Waals surface area contributed by atoms with Crippen molar-refractivity contribution in [3.8, 4) is 5.75 Å². The van der Waals surface area contributed by atoms with Crippen LogP contribution in [-0.2, 0) is 10.8 Å². The van der Waals surface area contributed by atoms with Gasteiger partial charge in [-0.05, 0) is 28.9 Å². The molecule has 0 aliphatic rings. The molecule has 0 aromatic heterocycles. The number of phenols is 1. The Hall–Kier alpha value is 1.66. The minimum absolute atomic E-state index is 0. The Balaban J connectivity index is 0. The van der Waals surface area contributed by atoms with Crippen molar-refractivity contribution < 1.29 is 5.11 Å². The molecule has 0 saturated heterocycles. The van der Waals surface area contributed by atoms with Crippen molar-refractivity contribution in [2.75, 3.05) is 0 Å². The molecule has 0 heterocycles. The Morgan fingerprint density at radius 3 is 1.33 bits per heavy atom. The molecule has 18 heavy (non-hydrogen) atoms. The van der Waals surface area contributed by atoms with Crippen LogP contribution in [0.5, 0.6) is 5.75 Å². The molecule has 0 aliphatic heterocycles. The maximum absolute atomic E-state index is 10.4. The first-order valence-corrected chi connectivity index (χ1v) is 5.88. The van der Waals surface area contributed by atoms with Gasteiger partial charge in [0, 0.05) is 0 Å². The van der Waals surface area contributed by atoms with Crippen LogP contribution in [0.4, 0.5) is 0 Å². The fraction of sp³-hybridized carbons (Fsp3) is 0.600. The van der Waals surface area contributed by atoms with E-state index in [0.717, 1.165) is 11.1 Å². The van der Waals surface area contributed by atoms with Gasteiger partial charge in [0.25, 0.3) is 0 Å². The van der Waals surface area contributed by atoms with E-state index in [4.69, 9.17) is 0 Å². The van der Waals surface area contributed by atoms with Crippen LogP contribution < -0.4 is 0 Å². The van der Waals surface area contributed by atoms with Crippen molar-refractivity contribution in [2.45, 2.75) is 59.3 Å². The van der Waals surface area contributed by atoms with Gasteiger partial charge >= 0.3 is 80.9 Å². The molecular weight excluding hydrogens is 258 g/mol. The molecule has 3 heteroatoms. The number of rotatable bonds is 0. The summed E-state index contributed by atoms with van der Waals surface area (Å²) in [5.41, 5.74) is 3.26. The van der Waals surface area contributed by atoms with E-state index in [1.54, 1.807) is 0 Å². The van der Waals surface area contributed by atoms with Crippen molar-refractivity contribution in [1.82, 2.24) is 0 Å². The van der Waals surface area contributed by atoms with Gasteiger partial charge in [0.15, 0.2) is 0 Å². The molecule has 1 aromatic rings. The molecule has 0 spiro atoms. The topological polar surface area (TPSA) is 20.2 Å². The Kier molecular flexibility index (Phi) is 9.27. The monoisotopic (exact) mass is 284 g/mol. The van der Waals surface area contributed by atoms with Crippen LogP contribution in [0.25, 0.3) is 0 Å². The fourth-order valence-corrected chi connectivity index (χ4v) is 1.92. The molecule has 1 nitrogen and oxygen atoms in total. The van der Waals surface area contributed by atoms with Crippen LogP contribution in [0.2, 0.25) is 0 Å². The zero-order chi connectivity index (χ0) is 12.7. The normalized spacial score (nSPS) is 11.5. The van der Waals surface area contributed by atoms with Gasteiger partial charge in [-0.2, -0.15) is 0 Å². The van der Waals surface area contributed by atoms with E-state index in [1.165, 1.54) is 5.56 Å². The molecule has 1 rings (SSSR count). The fourth-order valence-electron chi connectivity index (χ4n) is 1.92. The van der Waals surface area contributed by atoms with Crippen molar-refractivity contribution in [2.24, 2.45) is 0 Å². The van der Waals surface area contributed by atoms with Gasteiger partial charge in [-0.25, -0.2) is 0 Å². The number of benzene rings is 1. The molecule has 94 valence electrons. The zero-order valence-electron chi connectivity index (χ0n) is 11.6. The Morgan fingerprint density at radius 2 is 1.11 bits per heavy atom. The Bertz CT molecular complexity index is 365. The molecule has 0 unspecified atom stereocenters. The molecule has 0 saturated carbocycles. The van der Waals surface area contributed by atoms with Gasteiger partial charge < -0.3 is 5.11 Å². The van der Waals surface area contributed by atoms with Gasteiger partial charge in [0.2, 0.25) is 0 Å². The van der Waals surface area contributed by atoms with Crippen LogP contribution in [-0.4, -0.2) is 86.0 Å². The van der Waals surface area contributed by atoms with Gasteiger partial charge in [-0.3, -0.25) is 0 Å². The van der Waals surface area contributed by atoms with E-state index in [0.29, 0.717) is 5.75 Å². The number of hydrogen-bond donors (Lipinski definition) is 1. The van der Waals surface area contributed by atoms with E-state index in [2.05, 4.69) is 60.6 Å². The quantitative estimate of drug-likeness (QED) is 0.726. The van der Waals surface area contributed by atoms with Gasteiger partial charge in [-0.15, -0.1) is 0 Å². The molecule has 1 aromatic carbocycles. The predicted molar refractivity (Wildman–Crippen MR) is 84.5 cm³/mol. The number of aromatic hydroxyl groups is 1. The molecule has 0 atom stereocenters. The first-order chi connectivity index (χ1) is 7.03. The number of phenolic OH excluding ortho intramolecular Hbond substituents is 1. The van der Waals surface area contributed by atoms with Crippen molar-refractivity contribution >= 4 is 80.9 Å². The summed E-state index contributed by atoms with van der Waals surface area (Å²) in [7, 11) is 0. The summed E-state index contributed by atoms with van der Waals surface area (Å²) < 4.78 is 0. The van der Waals surface area contributed by atoms with E-state index in [9.17, 15) is 5.11 Å². The van der Waals surface area contributed by atoms with Gasteiger partial charge in [0.1, 0.15) is 5.75 Å². The summed E-state index contributed by atoms with van der Waals surface area (Å²) >= 11 is 0. The summed E-state index contributed by atoms with van der Waals surface area (Å²) in [6.45, 7) is 14.9. The summed E-state index contributed by atoms with van der Waals surface area (Å²) in [4.78, 5) is 0. The van der Waals surface area contributed by atoms with Crippen molar-refractivity contribution in [1.29, 1.82) is 0 Å². The number of hydrogen-bond acceptors (Lipinski definition) is 1. The third kappa shape index (κ3) is 5.57. The minimum atomic E-state index is -0.0178. The molecule has 0 bridgehead atoms. The van der Waals surface area contributed by atoms with Gasteiger partial charge in [0.05, 0.1) is 0 Å². The second-order valence-corrected chi connectivity index (χ2v) is 6.71. The third-order valence-electron chi connectivity index (χ3n) is 2.87. The van der Waals surface area contributed by atoms with Gasteiger partial charge in [-0.1, -0.05) is 59.2 Å². The van der Waals surface area contributed by atoms with Crippen LogP contribution in [0.15, 0.2) is 12.1 Å². The van der Waals surface area contributed by atoms with E-state index in [1.807, 2.05) is 0 Å². The second-order valence-electron chi connectivity index (χ2n) is 6.71. The maximum atomic E-state index is 10.4. The van der Waals surface area contributed by atoms with Crippen LogP contribution in [0.1, 0.15) is 58.2 Å². The molecule has 0 radical (unpaired) electrons. The van der Waals surface area contributed by atoms with Crippen LogP contribution in [0.3, 0.4) is 0 Å². The van der Waals surface area contributed by atoms with Crippen LogP contribution in [0, 0.1) is 6.92 Å². The molecule has 0 aliphatic carbocycles. The van der Waals surface area contributed by atoms with E-state index in [-0.39, 0.29) is 91.8 Å². The summed E-state index contributed by atoms with van der Waals surface area (Å²) in [6.07, 6.45) is 0. The average Bonchev–Trinajstić information content (AvgIpc) is 2.04. The SMILES string of the molecule is Cc1cc(C(C)(C)C)c(O)c(C(C)(C)C)c1.[KH].[NaH]. The molecule has 0 fully saturated rings. The first-order valence-electron chi connectivity index (χ1n) is 5.88. The summed E-state index contributed by atoms with van der Waals surface area (Å²) in [6, 6.07) is 4.18.